The molecule has 2 unspecified atom stereocenters. The number of piperidine rings is 1. The summed E-state index contributed by atoms with van der Waals surface area (Å²) in [6, 6.07) is -1.25. The van der Waals surface area contributed by atoms with Crippen LogP contribution in [0.15, 0.2) is 47.6 Å². The SMILES string of the molecule is CO[C@H]1C[C@@H]2CC[C@@H](C)[C@@](O)(O2)C(=O)C(=O)N2CCCC[C@H]2C(=O)O[C@H]([C@H](C)C[C@H]2CC[C@@H](OC(=O)O[C@@]3(O)OC[C@H](O)C(O)C3O)[C@H](OC)C2)CC(=O)[C@H](C)/C=C(\C)[C@@H](O)[C@@H](OC)C(=O)[C@H](C)C[C@H](C)/C=C/C=C/C=C/1C. The predicted molar refractivity (Wildman–Crippen MR) is 279 cm³/mol. The summed E-state index contributed by atoms with van der Waals surface area (Å²) in [6.45, 7) is 11.7. The Labute approximate surface area is 458 Å². The van der Waals surface area contributed by atoms with Gasteiger partial charge in [0.05, 0.1) is 24.9 Å². The monoisotopic (exact) mass is 1110 g/mol. The molecule has 3 saturated heterocycles. The number of hydrogen-bond acceptors (Lipinski definition) is 20. The number of fused-ring (bicyclic) bond motifs is 3. The van der Waals surface area contributed by atoms with E-state index in [-0.39, 0.29) is 55.6 Å². The van der Waals surface area contributed by atoms with Crippen LogP contribution in [0.2, 0.25) is 0 Å². The average molecular weight is 1110 g/mol. The van der Waals surface area contributed by atoms with Crippen molar-refractivity contribution in [3.05, 3.63) is 47.6 Å². The quantitative estimate of drug-likeness (QED) is 0.0863. The standard InChI is InChI=1S/C57H87NO20/c1-31-16-12-11-13-17-32(2)44(71-8)28-39-21-19-37(7)56(69,77-39)52(65)53(66)58-23-15-14-18-40(58)54(67)75-45(29-41(59)33(3)25-36(6)48(62)50(73-10)47(61)35(5)24-31)34(4)26-38-20-22-43(46(27-38)72-9)76-55(68)78-57(70)51(64)49(63)42(60)30-74-57/h11-13,16-17,25,31,33-35,37-40,42-46,48-51,60,62-64,69-70H,14-15,18-24,26-30H2,1-10H3/b13-11+,16-12+,32-17+,36-25+/t31-,33-,34-,35-,37-,38-,39+,40+,42+,43-,44+,45+,46-,48-,49?,50+,51?,56-,57+/m1/s1. The lowest BCUT2D eigenvalue weighted by molar-refractivity contribution is -0.415. The normalized spacial score (nSPS) is 41.5. The molecule has 4 aliphatic heterocycles. The highest BCUT2D eigenvalue weighted by atomic mass is 16.9. The number of aliphatic hydroxyl groups excluding tert-OH is 4. The number of allylic oxidation sites excluding steroid dienone is 6. The molecular weight excluding hydrogens is 1020 g/mol. The van der Waals surface area contributed by atoms with E-state index in [0.29, 0.717) is 56.9 Å². The van der Waals surface area contributed by atoms with Gasteiger partial charge in [-0.05, 0) is 107 Å². The van der Waals surface area contributed by atoms with E-state index >= 15 is 0 Å². The molecule has 0 radical (unpaired) electrons. The van der Waals surface area contributed by atoms with Crippen molar-refractivity contribution in [1.29, 1.82) is 0 Å². The molecule has 440 valence electrons. The van der Waals surface area contributed by atoms with Crippen LogP contribution in [0, 0.1) is 35.5 Å². The van der Waals surface area contributed by atoms with Crippen LogP contribution in [0.4, 0.5) is 4.79 Å². The minimum Gasteiger partial charge on any atom is -0.460 e. The third kappa shape index (κ3) is 16.2. The highest BCUT2D eigenvalue weighted by Crippen LogP contribution is 2.39. The van der Waals surface area contributed by atoms with Crippen molar-refractivity contribution in [2.75, 3.05) is 34.5 Å². The van der Waals surface area contributed by atoms with Crippen molar-refractivity contribution in [2.45, 2.75) is 204 Å². The molecule has 0 aromatic rings. The number of carbonyl (C=O) groups is 6. The maximum atomic E-state index is 14.6. The smallest absolute Gasteiger partial charge is 0.460 e. The number of cyclic esters (lactones) is 1. The van der Waals surface area contributed by atoms with E-state index in [0.717, 1.165) is 10.5 Å². The minimum absolute atomic E-state index is 0.0111. The van der Waals surface area contributed by atoms with Crippen LogP contribution in [0.25, 0.3) is 0 Å². The molecular formula is C57H87NO20. The zero-order chi connectivity index (χ0) is 57.8. The van der Waals surface area contributed by atoms with Crippen LogP contribution < -0.4 is 0 Å². The van der Waals surface area contributed by atoms with Crippen LogP contribution in [0.5, 0.6) is 0 Å². The van der Waals surface area contributed by atoms with Crippen molar-refractivity contribution in [1.82, 2.24) is 4.90 Å². The fourth-order valence-electron chi connectivity index (χ4n) is 11.4. The van der Waals surface area contributed by atoms with Gasteiger partial charge < -0.3 is 73.4 Å². The molecule has 21 heteroatoms. The summed E-state index contributed by atoms with van der Waals surface area (Å²) in [5, 5.41) is 64.2. The third-order valence-electron chi connectivity index (χ3n) is 16.5. The van der Waals surface area contributed by atoms with Gasteiger partial charge in [-0.2, -0.15) is 0 Å². The van der Waals surface area contributed by atoms with Crippen molar-refractivity contribution in [3.8, 4) is 0 Å². The number of aliphatic hydroxyl groups is 6. The molecule has 5 aliphatic rings. The Bertz CT molecular complexity index is 2200. The molecule has 4 fully saturated rings. The van der Waals surface area contributed by atoms with Gasteiger partial charge >= 0.3 is 18.1 Å². The van der Waals surface area contributed by atoms with E-state index < -0.39 is 133 Å². The van der Waals surface area contributed by atoms with Gasteiger partial charge in [-0.1, -0.05) is 71.1 Å². The van der Waals surface area contributed by atoms with Crippen LogP contribution in [0.3, 0.4) is 0 Å². The van der Waals surface area contributed by atoms with Gasteiger partial charge in [-0.25, -0.2) is 9.59 Å². The Balaban J connectivity index is 1.42. The predicted octanol–water partition coefficient (Wildman–Crippen LogP) is 4.10. The fourth-order valence-corrected chi connectivity index (χ4v) is 11.4. The zero-order valence-electron chi connectivity index (χ0n) is 47.0. The molecule has 0 aromatic carbocycles. The largest absolute Gasteiger partial charge is 0.513 e. The molecule has 0 aromatic heterocycles. The first-order valence-corrected chi connectivity index (χ1v) is 27.6. The Morgan fingerprint density at radius 3 is 2.23 bits per heavy atom. The second-order valence-electron chi connectivity index (χ2n) is 22.5. The lowest BCUT2D eigenvalue weighted by Gasteiger charge is -2.42. The van der Waals surface area contributed by atoms with Crippen molar-refractivity contribution >= 4 is 35.4 Å². The molecule has 6 N–H and O–H groups in total. The second-order valence-corrected chi connectivity index (χ2v) is 22.5. The molecule has 1 aliphatic carbocycles. The fraction of sp³-hybridized carbons (Fsp3) is 0.754. The lowest BCUT2D eigenvalue weighted by Crippen LogP contribution is -2.62. The lowest BCUT2D eigenvalue weighted by atomic mass is 9.78. The summed E-state index contributed by atoms with van der Waals surface area (Å²) >= 11 is 0. The van der Waals surface area contributed by atoms with E-state index in [9.17, 15) is 59.4 Å². The first-order valence-electron chi connectivity index (χ1n) is 27.6. The second kappa shape index (κ2) is 28.9. The maximum absolute atomic E-state index is 14.6. The number of ether oxygens (including phenoxy) is 8. The summed E-state index contributed by atoms with van der Waals surface area (Å²) in [6.07, 6.45) is 1.17. The van der Waals surface area contributed by atoms with E-state index in [1.807, 2.05) is 51.2 Å². The number of methoxy groups -OCH3 is 3. The van der Waals surface area contributed by atoms with Gasteiger partial charge in [-0.3, -0.25) is 19.2 Å². The number of amides is 1. The van der Waals surface area contributed by atoms with Crippen molar-refractivity contribution in [2.24, 2.45) is 35.5 Å². The van der Waals surface area contributed by atoms with Crippen molar-refractivity contribution in [3.63, 3.8) is 0 Å². The van der Waals surface area contributed by atoms with Gasteiger partial charge in [0.15, 0.2) is 11.9 Å². The van der Waals surface area contributed by atoms with E-state index in [2.05, 4.69) is 0 Å². The van der Waals surface area contributed by atoms with Crippen LogP contribution in [-0.4, -0.2) is 184 Å². The zero-order valence-corrected chi connectivity index (χ0v) is 47.0. The first kappa shape index (κ1) is 64.6. The molecule has 1 saturated carbocycles. The van der Waals surface area contributed by atoms with Crippen LogP contribution >= 0.6 is 0 Å². The van der Waals surface area contributed by atoms with Gasteiger partial charge in [0.25, 0.3) is 11.7 Å². The van der Waals surface area contributed by atoms with Gasteiger partial charge in [-0.15, -0.1) is 0 Å². The topological polar surface area (TPSA) is 301 Å². The van der Waals surface area contributed by atoms with E-state index in [1.165, 1.54) is 14.2 Å². The highest BCUT2D eigenvalue weighted by Gasteiger charge is 2.55. The molecule has 5 rings (SSSR count). The summed E-state index contributed by atoms with van der Waals surface area (Å²) in [5.41, 5.74) is 1.16. The number of esters is 1. The number of hydrogen-bond donors (Lipinski definition) is 6. The summed E-state index contributed by atoms with van der Waals surface area (Å²) in [5.74, 6) is -12.1. The van der Waals surface area contributed by atoms with Gasteiger partial charge in [0, 0.05) is 58.5 Å². The molecule has 19 atom stereocenters. The van der Waals surface area contributed by atoms with Gasteiger partial charge in [0.2, 0.25) is 5.79 Å². The molecule has 21 nitrogen and oxygen atoms in total. The average Bonchev–Trinajstić information content (AvgIpc) is 3.44. The molecule has 4 heterocycles. The van der Waals surface area contributed by atoms with E-state index in [1.54, 1.807) is 40.9 Å². The summed E-state index contributed by atoms with van der Waals surface area (Å²) < 4.78 is 44.9. The van der Waals surface area contributed by atoms with Crippen LogP contribution in [-0.2, 0) is 61.9 Å². The molecule has 1 amide bonds. The number of nitrogens with zero attached hydrogens (tertiary/aromatic N) is 1. The summed E-state index contributed by atoms with van der Waals surface area (Å²) in [4.78, 5) is 85.5. The summed E-state index contributed by atoms with van der Waals surface area (Å²) in [7, 11) is 4.30. The Hall–Kier alpha value is -4.26. The maximum Gasteiger partial charge on any atom is 0.513 e. The van der Waals surface area contributed by atoms with E-state index in [4.69, 9.17) is 37.9 Å². The molecule has 0 spiro atoms. The van der Waals surface area contributed by atoms with Crippen LogP contribution in [0.1, 0.15) is 126 Å². The Morgan fingerprint density at radius 2 is 1.55 bits per heavy atom. The number of ketones is 3. The Kier molecular flexibility index (Phi) is 24.0. The number of rotatable bonds is 8. The molecule has 78 heavy (non-hydrogen) atoms. The third-order valence-corrected chi connectivity index (χ3v) is 16.5. The number of Topliss-reactive ketones (excluding diaryl/α,β-unsaturated/α-hetero) is 3. The highest BCUT2D eigenvalue weighted by molar-refractivity contribution is 6.39. The first-order chi connectivity index (χ1) is 36.8. The number of carbonyl (C=O) groups excluding carboxylic acids is 6. The molecule has 2 bridgehead atoms. The minimum atomic E-state index is -3.00. The van der Waals surface area contributed by atoms with Crippen molar-refractivity contribution < 1.29 is 97.3 Å². The van der Waals surface area contributed by atoms with Gasteiger partial charge in [0.1, 0.15) is 48.4 Å². The Morgan fingerprint density at radius 1 is 0.833 bits per heavy atom.